The van der Waals surface area contributed by atoms with Crippen LogP contribution >= 0.6 is 24.0 Å². The standard InChI is InChI=1S/C24H35N5O3.HI/c1-5-25-24(27-15-19-8-7-10-26-23(19)32-6-2)28-20-9-11-29(17-20)16-18-12-21(30-3)14-22(13-18)31-4;/h7-8,10,12-14,20H,5-6,9,11,15-17H2,1-4H3,(H2,25,27,28);1H. The number of aromatic nitrogens is 1. The molecule has 8 nitrogen and oxygen atoms in total. The van der Waals surface area contributed by atoms with E-state index in [0.29, 0.717) is 25.1 Å². The first-order chi connectivity index (χ1) is 15.6. The van der Waals surface area contributed by atoms with Gasteiger partial charge in [-0.15, -0.1) is 24.0 Å². The van der Waals surface area contributed by atoms with Gasteiger partial charge in [-0.25, -0.2) is 9.98 Å². The fraction of sp³-hybridized carbons (Fsp3) is 0.500. The molecule has 1 atom stereocenters. The Hall–Kier alpha value is -2.27. The average Bonchev–Trinajstić information content (AvgIpc) is 3.24. The number of hydrogen-bond acceptors (Lipinski definition) is 6. The Morgan fingerprint density at radius 2 is 1.94 bits per heavy atom. The number of ether oxygens (including phenoxy) is 3. The zero-order chi connectivity index (χ0) is 22.8. The maximum atomic E-state index is 5.62. The van der Waals surface area contributed by atoms with Crippen LogP contribution in [0.5, 0.6) is 17.4 Å². The Kier molecular flexibility index (Phi) is 11.5. The van der Waals surface area contributed by atoms with E-state index in [9.17, 15) is 0 Å². The maximum Gasteiger partial charge on any atom is 0.218 e. The van der Waals surface area contributed by atoms with Crippen molar-refractivity contribution in [2.45, 2.75) is 39.4 Å². The highest BCUT2D eigenvalue weighted by molar-refractivity contribution is 14.0. The summed E-state index contributed by atoms with van der Waals surface area (Å²) in [4.78, 5) is 11.5. The lowest BCUT2D eigenvalue weighted by Crippen LogP contribution is -2.44. The van der Waals surface area contributed by atoms with Crippen LogP contribution in [-0.2, 0) is 13.1 Å². The summed E-state index contributed by atoms with van der Waals surface area (Å²) < 4.78 is 16.4. The highest BCUT2D eigenvalue weighted by Crippen LogP contribution is 2.24. The van der Waals surface area contributed by atoms with Crippen molar-refractivity contribution in [1.29, 1.82) is 0 Å². The van der Waals surface area contributed by atoms with Gasteiger partial charge in [0.25, 0.3) is 0 Å². The molecule has 182 valence electrons. The Bertz CT molecular complexity index is 874. The highest BCUT2D eigenvalue weighted by atomic mass is 127. The van der Waals surface area contributed by atoms with E-state index >= 15 is 0 Å². The first kappa shape index (κ1) is 27.0. The van der Waals surface area contributed by atoms with Gasteiger partial charge >= 0.3 is 0 Å². The third kappa shape index (κ3) is 8.22. The lowest BCUT2D eigenvalue weighted by molar-refractivity contribution is 0.321. The van der Waals surface area contributed by atoms with E-state index in [1.807, 2.05) is 25.1 Å². The molecule has 2 heterocycles. The number of halogens is 1. The van der Waals surface area contributed by atoms with Crippen molar-refractivity contribution in [2.24, 2.45) is 4.99 Å². The molecule has 1 aromatic heterocycles. The maximum absolute atomic E-state index is 5.62. The highest BCUT2D eigenvalue weighted by Gasteiger charge is 2.23. The predicted molar refractivity (Wildman–Crippen MR) is 142 cm³/mol. The van der Waals surface area contributed by atoms with Crippen LogP contribution in [0.1, 0.15) is 31.4 Å². The topological polar surface area (TPSA) is 80.2 Å². The molecule has 0 amide bonds. The molecule has 1 aromatic carbocycles. The Labute approximate surface area is 214 Å². The zero-order valence-electron chi connectivity index (χ0n) is 20.0. The van der Waals surface area contributed by atoms with Crippen molar-refractivity contribution in [3.05, 3.63) is 47.7 Å². The third-order valence-electron chi connectivity index (χ3n) is 5.31. The van der Waals surface area contributed by atoms with E-state index < -0.39 is 0 Å². The van der Waals surface area contributed by atoms with Gasteiger partial charge in [0.05, 0.1) is 27.4 Å². The molecule has 3 rings (SSSR count). The summed E-state index contributed by atoms with van der Waals surface area (Å²) >= 11 is 0. The average molecular weight is 569 g/mol. The van der Waals surface area contributed by atoms with Crippen molar-refractivity contribution < 1.29 is 14.2 Å². The van der Waals surface area contributed by atoms with Gasteiger partial charge in [-0.3, -0.25) is 4.90 Å². The van der Waals surface area contributed by atoms with Crippen LogP contribution in [0.15, 0.2) is 41.5 Å². The summed E-state index contributed by atoms with van der Waals surface area (Å²) in [6.45, 7) is 8.76. The molecule has 1 saturated heterocycles. The molecular formula is C24H36IN5O3. The van der Waals surface area contributed by atoms with Crippen LogP contribution in [0.25, 0.3) is 0 Å². The van der Waals surface area contributed by atoms with Gasteiger partial charge in [-0.1, -0.05) is 6.07 Å². The van der Waals surface area contributed by atoms with Crippen molar-refractivity contribution >= 4 is 29.9 Å². The number of rotatable bonds is 10. The van der Waals surface area contributed by atoms with Gasteiger partial charge in [0, 0.05) is 50.0 Å². The van der Waals surface area contributed by atoms with Crippen molar-refractivity contribution in [3.63, 3.8) is 0 Å². The van der Waals surface area contributed by atoms with E-state index in [0.717, 1.165) is 55.6 Å². The molecule has 1 fully saturated rings. The number of nitrogens with one attached hydrogen (secondary N) is 2. The number of hydrogen-bond donors (Lipinski definition) is 2. The number of guanidine groups is 1. The number of pyridine rings is 1. The van der Waals surface area contributed by atoms with Gasteiger partial charge in [-0.2, -0.15) is 0 Å². The minimum Gasteiger partial charge on any atom is -0.497 e. The predicted octanol–water partition coefficient (Wildman–Crippen LogP) is 3.45. The lowest BCUT2D eigenvalue weighted by Gasteiger charge is -2.19. The molecule has 2 N–H and O–H groups in total. The van der Waals surface area contributed by atoms with Crippen molar-refractivity contribution in [2.75, 3.05) is 40.5 Å². The molecule has 0 radical (unpaired) electrons. The molecule has 33 heavy (non-hydrogen) atoms. The monoisotopic (exact) mass is 569 g/mol. The summed E-state index contributed by atoms with van der Waals surface area (Å²) in [6.07, 6.45) is 2.80. The SMILES string of the molecule is CCNC(=NCc1cccnc1OCC)NC1CCN(Cc2cc(OC)cc(OC)c2)C1.I. The summed E-state index contributed by atoms with van der Waals surface area (Å²) in [5.74, 6) is 3.09. The second-order valence-corrected chi connectivity index (χ2v) is 7.68. The fourth-order valence-corrected chi connectivity index (χ4v) is 3.80. The quantitative estimate of drug-likeness (QED) is 0.258. The normalized spacial score (nSPS) is 16.1. The first-order valence-electron chi connectivity index (χ1n) is 11.2. The summed E-state index contributed by atoms with van der Waals surface area (Å²) in [7, 11) is 3.36. The van der Waals surface area contributed by atoms with Gasteiger partial charge < -0.3 is 24.8 Å². The Morgan fingerprint density at radius 1 is 1.18 bits per heavy atom. The second kappa shape index (κ2) is 14.1. The Morgan fingerprint density at radius 3 is 2.61 bits per heavy atom. The van der Waals surface area contributed by atoms with Crippen LogP contribution in [0.2, 0.25) is 0 Å². The van der Waals surface area contributed by atoms with Gasteiger partial charge in [0.1, 0.15) is 11.5 Å². The summed E-state index contributed by atoms with van der Waals surface area (Å²) in [5, 5.41) is 6.94. The molecular weight excluding hydrogens is 533 g/mol. The number of likely N-dealkylation sites (tertiary alicyclic amines) is 1. The molecule has 9 heteroatoms. The van der Waals surface area contributed by atoms with E-state index in [2.05, 4.69) is 39.6 Å². The van der Waals surface area contributed by atoms with Crippen LogP contribution in [0.4, 0.5) is 0 Å². The lowest BCUT2D eigenvalue weighted by atomic mass is 10.2. The number of methoxy groups -OCH3 is 2. The molecule has 1 aliphatic heterocycles. The number of benzene rings is 1. The number of aliphatic imine (C=N–C) groups is 1. The van der Waals surface area contributed by atoms with Crippen LogP contribution in [-0.4, -0.2) is 62.3 Å². The molecule has 0 bridgehead atoms. The van der Waals surface area contributed by atoms with E-state index in [-0.39, 0.29) is 24.0 Å². The minimum atomic E-state index is 0. The molecule has 0 spiro atoms. The van der Waals surface area contributed by atoms with Gasteiger partial charge in [-0.05, 0) is 44.0 Å². The van der Waals surface area contributed by atoms with E-state index in [1.54, 1.807) is 20.4 Å². The second-order valence-electron chi connectivity index (χ2n) is 7.68. The molecule has 0 aliphatic carbocycles. The van der Waals surface area contributed by atoms with Crippen LogP contribution < -0.4 is 24.8 Å². The molecule has 1 unspecified atom stereocenters. The zero-order valence-corrected chi connectivity index (χ0v) is 22.3. The van der Waals surface area contributed by atoms with E-state index in [1.165, 1.54) is 5.56 Å². The van der Waals surface area contributed by atoms with E-state index in [4.69, 9.17) is 19.2 Å². The minimum absolute atomic E-state index is 0. The summed E-state index contributed by atoms with van der Waals surface area (Å²) in [6, 6.07) is 10.3. The van der Waals surface area contributed by atoms with Gasteiger partial charge in [0.2, 0.25) is 5.88 Å². The smallest absolute Gasteiger partial charge is 0.218 e. The van der Waals surface area contributed by atoms with Crippen LogP contribution in [0, 0.1) is 0 Å². The Balaban J connectivity index is 0.00000385. The first-order valence-corrected chi connectivity index (χ1v) is 11.2. The van der Waals surface area contributed by atoms with Gasteiger partial charge in [0.15, 0.2) is 5.96 Å². The fourth-order valence-electron chi connectivity index (χ4n) is 3.80. The molecule has 2 aromatic rings. The molecule has 1 aliphatic rings. The van der Waals surface area contributed by atoms with Crippen molar-refractivity contribution in [3.8, 4) is 17.4 Å². The third-order valence-corrected chi connectivity index (χ3v) is 5.31. The number of nitrogens with zero attached hydrogens (tertiary/aromatic N) is 3. The summed E-state index contributed by atoms with van der Waals surface area (Å²) in [5.41, 5.74) is 2.16. The van der Waals surface area contributed by atoms with Crippen LogP contribution in [0.3, 0.4) is 0 Å². The largest absolute Gasteiger partial charge is 0.497 e. The van der Waals surface area contributed by atoms with Crippen molar-refractivity contribution in [1.82, 2.24) is 20.5 Å². The molecule has 0 saturated carbocycles.